The number of amides is 1. The van der Waals surface area contributed by atoms with E-state index in [4.69, 9.17) is 21.4 Å². The van der Waals surface area contributed by atoms with Gasteiger partial charge in [0.15, 0.2) is 0 Å². The number of hydrogen-bond acceptors (Lipinski definition) is 5. The Morgan fingerprint density at radius 2 is 2.22 bits per heavy atom. The van der Waals surface area contributed by atoms with Gasteiger partial charge in [-0.15, -0.1) is 0 Å². The molecule has 0 saturated carbocycles. The van der Waals surface area contributed by atoms with Gasteiger partial charge >= 0.3 is 6.09 Å². The normalized spacial score (nSPS) is 15.7. The van der Waals surface area contributed by atoms with Crippen molar-refractivity contribution in [2.75, 3.05) is 31.7 Å². The molecule has 2 rings (SSSR count). The third kappa shape index (κ3) is 4.84. The highest BCUT2D eigenvalue weighted by Gasteiger charge is 2.23. The first kappa shape index (κ1) is 17.6. The monoisotopic (exact) mass is 344 g/mol. The molecule has 9 heteroatoms. The molecule has 128 valence electrons. The Morgan fingerprint density at radius 1 is 1.52 bits per heavy atom. The number of carbonyl (C=O) groups is 1. The second-order valence-electron chi connectivity index (χ2n) is 5.43. The average Bonchev–Trinajstić information content (AvgIpc) is 2.49. The first-order valence-corrected chi connectivity index (χ1v) is 7.89. The minimum atomic E-state index is -1.01. The maximum Gasteiger partial charge on any atom is 0.404 e. The second-order valence-corrected chi connectivity index (χ2v) is 5.81. The summed E-state index contributed by atoms with van der Waals surface area (Å²) in [4.78, 5) is 29.2. The Kier molecular flexibility index (Phi) is 6.23. The van der Waals surface area contributed by atoms with Crippen LogP contribution in [0.3, 0.4) is 0 Å². The Morgan fingerprint density at radius 3 is 2.83 bits per heavy atom. The van der Waals surface area contributed by atoms with E-state index >= 15 is 0 Å². The summed E-state index contributed by atoms with van der Waals surface area (Å²) in [5.74, 6) is 0.535. The van der Waals surface area contributed by atoms with E-state index in [-0.39, 0.29) is 16.8 Å². The minimum absolute atomic E-state index is 0.0726. The molecular formula is C14H21ClN4O4. The molecule has 0 atom stereocenters. The fraction of sp³-hybridized carbons (Fsp3) is 0.643. The van der Waals surface area contributed by atoms with E-state index in [0.717, 1.165) is 0 Å². The zero-order valence-corrected chi connectivity index (χ0v) is 13.8. The van der Waals surface area contributed by atoms with Crippen molar-refractivity contribution >= 4 is 23.6 Å². The van der Waals surface area contributed by atoms with E-state index < -0.39 is 6.09 Å². The molecule has 8 nitrogen and oxygen atoms in total. The molecule has 1 amide bonds. The molecule has 0 unspecified atom stereocenters. The van der Waals surface area contributed by atoms with Crippen LogP contribution in [0.2, 0.25) is 5.15 Å². The van der Waals surface area contributed by atoms with Crippen molar-refractivity contribution < 1.29 is 14.6 Å². The summed E-state index contributed by atoms with van der Waals surface area (Å²) in [5, 5.41) is 11.4. The second kappa shape index (κ2) is 8.16. The van der Waals surface area contributed by atoms with Crippen molar-refractivity contribution in [1.82, 2.24) is 14.9 Å². The van der Waals surface area contributed by atoms with Gasteiger partial charge < -0.3 is 20.1 Å². The van der Waals surface area contributed by atoms with Crippen LogP contribution in [0.4, 0.5) is 10.7 Å². The van der Waals surface area contributed by atoms with Gasteiger partial charge in [-0.3, -0.25) is 9.36 Å². The van der Waals surface area contributed by atoms with Crippen LogP contribution >= 0.6 is 11.6 Å². The maximum atomic E-state index is 12.2. The molecular weight excluding hydrogens is 324 g/mol. The quantitative estimate of drug-likeness (QED) is 0.594. The minimum Gasteiger partial charge on any atom is -0.465 e. The van der Waals surface area contributed by atoms with Crippen molar-refractivity contribution in [3.63, 3.8) is 0 Å². The number of hydrogen-bond donors (Lipinski definition) is 2. The molecule has 1 aliphatic rings. The summed E-state index contributed by atoms with van der Waals surface area (Å²) in [6.07, 6.45) is 1.00. The molecule has 1 aromatic heterocycles. The number of methoxy groups -OCH3 is 1. The van der Waals surface area contributed by atoms with Crippen LogP contribution in [0.1, 0.15) is 19.3 Å². The van der Waals surface area contributed by atoms with Crippen molar-refractivity contribution in [2.24, 2.45) is 0 Å². The third-order valence-electron chi connectivity index (χ3n) is 3.79. The van der Waals surface area contributed by atoms with Gasteiger partial charge in [0.05, 0.1) is 0 Å². The van der Waals surface area contributed by atoms with Gasteiger partial charge in [-0.05, 0) is 19.3 Å². The van der Waals surface area contributed by atoms with Crippen LogP contribution in [0.15, 0.2) is 10.9 Å². The van der Waals surface area contributed by atoms with Crippen molar-refractivity contribution in [3.05, 3.63) is 21.6 Å². The van der Waals surface area contributed by atoms with Crippen LogP contribution < -0.4 is 15.8 Å². The Labute approximate surface area is 139 Å². The summed E-state index contributed by atoms with van der Waals surface area (Å²) < 4.78 is 6.62. The van der Waals surface area contributed by atoms with Crippen molar-refractivity contribution in [3.8, 4) is 0 Å². The number of halogens is 1. The van der Waals surface area contributed by atoms with Crippen LogP contribution in [-0.2, 0) is 11.3 Å². The van der Waals surface area contributed by atoms with Crippen molar-refractivity contribution in [2.45, 2.75) is 31.8 Å². The molecule has 23 heavy (non-hydrogen) atoms. The van der Waals surface area contributed by atoms with E-state index in [1.54, 1.807) is 11.7 Å². The molecule has 0 aromatic carbocycles. The van der Waals surface area contributed by atoms with Crippen LogP contribution in [0, 0.1) is 0 Å². The van der Waals surface area contributed by atoms with E-state index in [9.17, 15) is 9.59 Å². The lowest BCUT2D eigenvalue weighted by molar-refractivity contribution is 0.187. The van der Waals surface area contributed by atoms with Crippen molar-refractivity contribution in [1.29, 1.82) is 0 Å². The molecule has 2 N–H and O–H groups in total. The summed E-state index contributed by atoms with van der Waals surface area (Å²) in [6, 6.07) is 1.23. The number of carboxylic acid groups (broad SMARTS) is 1. The summed E-state index contributed by atoms with van der Waals surface area (Å²) in [5.41, 5.74) is -0.193. The molecule has 1 aliphatic heterocycles. The van der Waals surface area contributed by atoms with E-state index in [1.165, 1.54) is 6.07 Å². The highest BCUT2D eigenvalue weighted by atomic mass is 35.5. The number of piperidine rings is 1. The largest absolute Gasteiger partial charge is 0.465 e. The average molecular weight is 345 g/mol. The molecule has 0 bridgehead atoms. The number of ether oxygens (including phenoxy) is 1. The number of rotatable bonds is 6. The van der Waals surface area contributed by atoms with Gasteiger partial charge in [0, 0.05) is 45.5 Å². The molecule has 1 fully saturated rings. The molecule has 0 radical (unpaired) electrons. The molecule has 1 saturated heterocycles. The predicted molar refractivity (Wildman–Crippen MR) is 86.4 cm³/mol. The predicted octanol–water partition coefficient (Wildman–Crippen LogP) is 1.17. The highest BCUT2D eigenvalue weighted by Crippen LogP contribution is 2.19. The van der Waals surface area contributed by atoms with Gasteiger partial charge in [0.2, 0.25) is 5.95 Å². The number of nitrogens with one attached hydrogen (secondary N) is 1. The topological polar surface area (TPSA) is 96.7 Å². The van der Waals surface area contributed by atoms with Gasteiger partial charge in [0.25, 0.3) is 5.56 Å². The lowest BCUT2D eigenvalue weighted by Gasteiger charge is -2.33. The lowest BCUT2D eigenvalue weighted by Crippen LogP contribution is -2.46. The van der Waals surface area contributed by atoms with Crippen LogP contribution in [0.5, 0.6) is 0 Å². The van der Waals surface area contributed by atoms with Gasteiger partial charge in [-0.1, -0.05) is 11.6 Å². The van der Waals surface area contributed by atoms with Gasteiger partial charge in [-0.25, -0.2) is 9.78 Å². The molecule has 2 heterocycles. The van der Waals surface area contributed by atoms with E-state index in [1.807, 2.05) is 4.90 Å². The molecule has 0 aliphatic carbocycles. The van der Waals surface area contributed by atoms with Gasteiger partial charge in [0.1, 0.15) is 5.15 Å². The maximum absolute atomic E-state index is 12.2. The van der Waals surface area contributed by atoms with Crippen LogP contribution in [0.25, 0.3) is 0 Å². The van der Waals surface area contributed by atoms with E-state index in [2.05, 4.69) is 10.3 Å². The highest BCUT2D eigenvalue weighted by molar-refractivity contribution is 6.29. The Balaban J connectivity index is 2.12. The fourth-order valence-electron chi connectivity index (χ4n) is 2.68. The zero-order chi connectivity index (χ0) is 16.8. The van der Waals surface area contributed by atoms with Gasteiger partial charge in [-0.2, -0.15) is 0 Å². The first-order chi connectivity index (χ1) is 11.0. The number of anilines is 1. The first-order valence-electron chi connectivity index (χ1n) is 7.52. The summed E-state index contributed by atoms with van der Waals surface area (Å²) >= 11 is 5.93. The summed E-state index contributed by atoms with van der Waals surface area (Å²) in [6.45, 7) is 2.28. The van der Waals surface area contributed by atoms with E-state index in [0.29, 0.717) is 51.5 Å². The summed E-state index contributed by atoms with van der Waals surface area (Å²) in [7, 11) is 1.62. The van der Waals surface area contributed by atoms with Crippen LogP contribution in [-0.4, -0.2) is 53.6 Å². The Bertz CT molecular complexity index is 599. The third-order valence-corrected chi connectivity index (χ3v) is 3.99. The Hall–Kier alpha value is -1.80. The fourth-order valence-corrected chi connectivity index (χ4v) is 2.85. The smallest absolute Gasteiger partial charge is 0.404 e. The SMILES string of the molecule is COCCCn1c(N2CCC(NC(=O)O)CC2)nc(Cl)cc1=O. The zero-order valence-electron chi connectivity index (χ0n) is 13.0. The standard InChI is InChI=1S/C14H21ClN4O4/c1-23-8-2-5-19-12(20)9-11(15)17-13(19)18-6-3-10(4-7-18)16-14(21)22/h9-10,16H,2-8H2,1H3,(H,21,22). The number of nitrogens with zero attached hydrogens (tertiary/aromatic N) is 3. The molecule has 0 spiro atoms. The lowest BCUT2D eigenvalue weighted by atomic mass is 10.1. The molecule has 1 aromatic rings. The number of aromatic nitrogens is 2.